The molecule has 2 aromatic rings. The summed E-state index contributed by atoms with van der Waals surface area (Å²) < 4.78 is 26.1. The fourth-order valence-corrected chi connectivity index (χ4v) is 3.70. The Bertz CT molecular complexity index is 738. The molecule has 2 aromatic carbocycles. The standard InChI is InChI=1S/C22H26F2N2O/c1-17(27)26(22-8-6-21(24)7-9-22)15-14-25-12-10-19(11-13-25)16-18-2-4-20(23)5-3-18/h2-9,19H,10-16H2,1H3. The number of hydrogen-bond donors (Lipinski definition) is 0. The van der Waals surface area contributed by atoms with E-state index in [4.69, 9.17) is 0 Å². The Morgan fingerprint density at radius 2 is 1.56 bits per heavy atom. The maximum atomic E-state index is 13.1. The van der Waals surface area contributed by atoms with Crippen LogP contribution >= 0.6 is 0 Å². The highest BCUT2D eigenvalue weighted by atomic mass is 19.1. The van der Waals surface area contributed by atoms with Crippen molar-refractivity contribution in [2.45, 2.75) is 26.2 Å². The molecule has 1 aliphatic rings. The third kappa shape index (κ3) is 5.60. The lowest BCUT2D eigenvalue weighted by Crippen LogP contribution is -2.41. The van der Waals surface area contributed by atoms with Gasteiger partial charge in [-0.25, -0.2) is 8.78 Å². The molecule has 1 amide bonds. The highest BCUT2D eigenvalue weighted by molar-refractivity contribution is 5.91. The van der Waals surface area contributed by atoms with Gasteiger partial charge in [-0.3, -0.25) is 4.79 Å². The SMILES string of the molecule is CC(=O)N(CCN1CCC(Cc2ccc(F)cc2)CC1)c1ccc(F)cc1. The van der Waals surface area contributed by atoms with E-state index in [2.05, 4.69) is 4.90 Å². The zero-order valence-corrected chi connectivity index (χ0v) is 15.7. The molecule has 3 rings (SSSR count). The van der Waals surface area contributed by atoms with Crippen LogP contribution < -0.4 is 4.90 Å². The number of benzene rings is 2. The van der Waals surface area contributed by atoms with Gasteiger partial charge in [0.25, 0.3) is 0 Å². The van der Waals surface area contributed by atoms with E-state index in [1.807, 2.05) is 12.1 Å². The second-order valence-corrected chi connectivity index (χ2v) is 7.26. The number of piperidine rings is 1. The van der Waals surface area contributed by atoms with E-state index in [9.17, 15) is 13.6 Å². The number of anilines is 1. The Hall–Kier alpha value is -2.27. The van der Waals surface area contributed by atoms with Gasteiger partial charge in [0.1, 0.15) is 11.6 Å². The highest BCUT2D eigenvalue weighted by Gasteiger charge is 2.21. The smallest absolute Gasteiger partial charge is 0.223 e. The summed E-state index contributed by atoms with van der Waals surface area (Å²) in [6.45, 7) is 4.95. The number of likely N-dealkylation sites (tertiary alicyclic amines) is 1. The Labute approximate surface area is 159 Å². The van der Waals surface area contributed by atoms with Gasteiger partial charge in [0.05, 0.1) is 0 Å². The van der Waals surface area contributed by atoms with Gasteiger partial charge in [0.2, 0.25) is 5.91 Å². The van der Waals surface area contributed by atoms with E-state index in [0.29, 0.717) is 12.5 Å². The van der Waals surface area contributed by atoms with Crippen molar-refractivity contribution in [3.05, 3.63) is 65.7 Å². The third-order valence-corrected chi connectivity index (χ3v) is 5.30. The molecule has 0 saturated carbocycles. The summed E-state index contributed by atoms with van der Waals surface area (Å²) in [5.74, 6) is 0.0933. The summed E-state index contributed by atoms with van der Waals surface area (Å²) in [6, 6.07) is 12.8. The second kappa shape index (κ2) is 9.09. The van der Waals surface area contributed by atoms with Crippen LogP contribution in [-0.2, 0) is 11.2 Å². The summed E-state index contributed by atoms with van der Waals surface area (Å²) in [5.41, 5.74) is 1.92. The predicted molar refractivity (Wildman–Crippen MR) is 104 cm³/mol. The van der Waals surface area contributed by atoms with Crippen LogP contribution in [0.2, 0.25) is 0 Å². The van der Waals surface area contributed by atoms with Crippen LogP contribution in [0.25, 0.3) is 0 Å². The molecule has 144 valence electrons. The lowest BCUT2D eigenvalue weighted by atomic mass is 9.90. The van der Waals surface area contributed by atoms with E-state index >= 15 is 0 Å². The molecule has 0 spiro atoms. The first-order valence-corrected chi connectivity index (χ1v) is 9.52. The minimum Gasteiger partial charge on any atom is -0.311 e. The molecule has 0 bridgehead atoms. The number of halogens is 2. The molecule has 0 aromatic heterocycles. The van der Waals surface area contributed by atoms with E-state index in [1.54, 1.807) is 17.0 Å². The van der Waals surface area contributed by atoms with Gasteiger partial charge in [0.15, 0.2) is 0 Å². The Morgan fingerprint density at radius 1 is 1.00 bits per heavy atom. The lowest BCUT2D eigenvalue weighted by molar-refractivity contribution is -0.116. The number of hydrogen-bond acceptors (Lipinski definition) is 2. The molecule has 1 fully saturated rings. The van der Waals surface area contributed by atoms with Crippen molar-refractivity contribution in [3.8, 4) is 0 Å². The van der Waals surface area contributed by atoms with Crippen molar-refractivity contribution in [1.82, 2.24) is 4.90 Å². The van der Waals surface area contributed by atoms with Gasteiger partial charge in [0, 0.05) is 25.7 Å². The Kier molecular flexibility index (Phi) is 6.56. The van der Waals surface area contributed by atoms with Gasteiger partial charge < -0.3 is 9.80 Å². The first kappa shape index (κ1) is 19.5. The van der Waals surface area contributed by atoms with Gasteiger partial charge in [-0.1, -0.05) is 12.1 Å². The average molecular weight is 372 g/mol. The fourth-order valence-electron chi connectivity index (χ4n) is 3.70. The Morgan fingerprint density at radius 3 is 2.11 bits per heavy atom. The molecular formula is C22H26F2N2O. The van der Waals surface area contributed by atoms with Crippen LogP contribution in [-0.4, -0.2) is 37.0 Å². The van der Waals surface area contributed by atoms with Crippen molar-refractivity contribution in [1.29, 1.82) is 0 Å². The topological polar surface area (TPSA) is 23.6 Å². The van der Waals surface area contributed by atoms with Crippen molar-refractivity contribution in [2.24, 2.45) is 5.92 Å². The quantitative estimate of drug-likeness (QED) is 0.756. The number of amides is 1. The summed E-state index contributed by atoms with van der Waals surface area (Å²) in [4.78, 5) is 16.0. The maximum Gasteiger partial charge on any atom is 0.223 e. The van der Waals surface area contributed by atoms with Crippen LogP contribution in [0, 0.1) is 17.6 Å². The van der Waals surface area contributed by atoms with Crippen LogP contribution in [0.1, 0.15) is 25.3 Å². The molecule has 27 heavy (non-hydrogen) atoms. The van der Waals surface area contributed by atoms with Crippen LogP contribution in [0.4, 0.5) is 14.5 Å². The first-order valence-electron chi connectivity index (χ1n) is 9.52. The average Bonchev–Trinajstić information content (AvgIpc) is 2.66. The minimum absolute atomic E-state index is 0.0344. The van der Waals surface area contributed by atoms with E-state index in [1.165, 1.54) is 36.8 Å². The zero-order valence-electron chi connectivity index (χ0n) is 15.7. The van der Waals surface area contributed by atoms with E-state index in [0.717, 1.165) is 44.6 Å². The van der Waals surface area contributed by atoms with Crippen LogP contribution in [0.5, 0.6) is 0 Å². The lowest BCUT2D eigenvalue weighted by Gasteiger charge is -2.33. The van der Waals surface area contributed by atoms with Crippen molar-refractivity contribution in [2.75, 3.05) is 31.1 Å². The van der Waals surface area contributed by atoms with Crippen LogP contribution in [0.3, 0.4) is 0 Å². The van der Waals surface area contributed by atoms with Crippen molar-refractivity contribution < 1.29 is 13.6 Å². The monoisotopic (exact) mass is 372 g/mol. The van der Waals surface area contributed by atoms with Crippen molar-refractivity contribution >= 4 is 11.6 Å². The third-order valence-electron chi connectivity index (χ3n) is 5.30. The van der Waals surface area contributed by atoms with E-state index in [-0.39, 0.29) is 17.5 Å². The van der Waals surface area contributed by atoms with E-state index < -0.39 is 0 Å². The van der Waals surface area contributed by atoms with Crippen molar-refractivity contribution in [3.63, 3.8) is 0 Å². The molecule has 0 radical (unpaired) electrons. The van der Waals surface area contributed by atoms with Crippen LogP contribution in [0.15, 0.2) is 48.5 Å². The summed E-state index contributed by atoms with van der Waals surface area (Å²) in [7, 11) is 0. The highest BCUT2D eigenvalue weighted by Crippen LogP contribution is 2.22. The van der Waals surface area contributed by atoms with Gasteiger partial charge in [-0.2, -0.15) is 0 Å². The molecular weight excluding hydrogens is 346 g/mol. The molecule has 1 saturated heterocycles. The molecule has 0 aliphatic carbocycles. The fraction of sp³-hybridized carbons (Fsp3) is 0.409. The van der Waals surface area contributed by atoms with Gasteiger partial charge >= 0.3 is 0 Å². The molecule has 1 aliphatic heterocycles. The number of nitrogens with zero attached hydrogens (tertiary/aromatic N) is 2. The largest absolute Gasteiger partial charge is 0.311 e. The number of carbonyl (C=O) groups is 1. The number of carbonyl (C=O) groups excluding carboxylic acids is 1. The molecule has 1 heterocycles. The zero-order chi connectivity index (χ0) is 19.2. The molecule has 0 N–H and O–H groups in total. The summed E-state index contributed by atoms with van der Waals surface area (Å²) in [5, 5.41) is 0. The summed E-state index contributed by atoms with van der Waals surface area (Å²) in [6.07, 6.45) is 3.20. The second-order valence-electron chi connectivity index (χ2n) is 7.26. The normalized spacial score (nSPS) is 15.7. The molecule has 0 unspecified atom stereocenters. The van der Waals surface area contributed by atoms with Gasteiger partial charge in [-0.15, -0.1) is 0 Å². The molecule has 0 atom stereocenters. The predicted octanol–water partition coefficient (Wildman–Crippen LogP) is 4.27. The first-order chi connectivity index (χ1) is 13.0. The molecule has 5 heteroatoms. The summed E-state index contributed by atoms with van der Waals surface area (Å²) >= 11 is 0. The van der Waals surface area contributed by atoms with Gasteiger partial charge in [-0.05, 0) is 80.2 Å². The Balaban J connectivity index is 1.47. The molecule has 3 nitrogen and oxygen atoms in total. The minimum atomic E-state index is -0.300. The number of rotatable bonds is 6. The maximum absolute atomic E-state index is 13.1.